The normalized spacial score (nSPS) is 21.6. The fourth-order valence-corrected chi connectivity index (χ4v) is 1.90. The van der Waals surface area contributed by atoms with Gasteiger partial charge in [-0.15, -0.1) is 0 Å². The fourth-order valence-electron chi connectivity index (χ4n) is 1.90. The van der Waals surface area contributed by atoms with Crippen LogP contribution < -0.4 is 0 Å². The van der Waals surface area contributed by atoms with Gasteiger partial charge in [-0.2, -0.15) is 0 Å². The van der Waals surface area contributed by atoms with Crippen molar-refractivity contribution in [1.29, 1.82) is 0 Å². The SMILES string of the molecule is O=C(OC1CCCC1)ON1C(=O)CCC1=O. The summed E-state index contributed by atoms with van der Waals surface area (Å²) in [5.74, 6) is -0.984. The third-order valence-corrected chi connectivity index (χ3v) is 2.74. The molecule has 0 N–H and O–H groups in total. The molecule has 16 heavy (non-hydrogen) atoms. The van der Waals surface area contributed by atoms with Crippen molar-refractivity contribution in [2.75, 3.05) is 0 Å². The quantitative estimate of drug-likeness (QED) is 0.522. The van der Waals surface area contributed by atoms with Crippen molar-refractivity contribution < 1.29 is 24.0 Å². The van der Waals surface area contributed by atoms with Crippen molar-refractivity contribution in [3.63, 3.8) is 0 Å². The first-order valence-electron chi connectivity index (χ1n) is 5.41. The van der Waals surface area contributed by atoms with Gasteiger partial charge in [0.05, 0.1) is 0 Å². The molecule has 0 atom stereocenters. The second-order valence-corrected chi connectivity index (χ2v) is 3.95. The number of carbonyl (C=O) groups is 3. The summed E-state index contributed by atoms with van der Waals surface area (Å²) >= 11 is 0. The molecule has 2 amide bonds. The fraction of sp³-hybridized carbons (Fsp3) is 0.700. The number of amides is 2. The lowest BCUT2D eigenvalue weighted by atomic mass is 10.3. The molecule has 2 aliphatic rings. The maximum atomic E-state index is 11.3. The van der Waals surface area contributed by atoms with E-state index in [2.05, 4.69) is 4.84 Å². The molecule has 2 fully saturated rings. The highest BCUT2D eigenvalue weighted by Crippen LogP contribution is 2.22. The Morgan fingerprint density at radius 3 is 2.25 bits per heavy atom. The minimum Gasteiger partial charge on any atom is -0.429 e. The van der Waals surface area contributed by atoms with Gasteiger partial charge in [0.1, 0.15) is 6.10 Å². The smallest absolute Gasteiger partial charge is 0.429 e. The number of hydrogen-bond donors (Lipinski definition) is 0. The van der Waals surface area contributed by atoms with Gasteiger partial charge in [-0.25, -0.2) is 4.79 Å². The Labute approximate surface area is 92.4 Å². The Balaban J connectivity index is 1.82. The van der Waals surface area contributed by atoms with Crippen LogP contribution in [-0.2, 0) is 19.2 Å². The number of hydrogen-bond acceptors (Lipinski definition) is 5. The van der Waals surface area contributed by atoms with Gasteiger partial charge >= 0.3 is 6.16 Å². The summed E-state index contributed by atoms with van der Waals surface area (Å²) in [7, 11) is 0. The topological polar surface area (TPSA) is 72.9 Å². The van der Waals surface area contributed by atoms with Crippen molar-refractivity contribution in [2.24, 2.45) is 0 Å². The van der Waals surface area contributed by atoms with Crippen LogP contribution in [0.1, 0.15) is 38.5 Å². The third kappa shape index (κ3) is 2.32. The summed E-state index contributed by atoms with van der Waals surface area (Å²) in [6.45, 7) is 0. The molecule has 0 spiro atoms. The lowest BCUT2D eigenvalue weighted by Crippen LogP contribution is -2.33. The second kappa shape index (κ2) is 4.51. The van der Waals surface area contributed by atoms with Crippen LogP contribution in [0.5, 0.6) is 0 Å². The van der Waals surface area contributed by atoms with Crippen LogP contribution in [0.4, 0.5) is 4.79 Å². The lowest BCUT2D eigenvalue weighted by Gasteiger charge is -2.15. The van der Waals surface area contributed by atoms with E-state index in [4.69, 9.17) is 4.74 Å². The molecule has 88 valence electrons. The first kappa shape index (κ1) is 10.9. The van der Waals surface area contributed by atoms with Gasteiger partial charge in [0.15, 0.2) is 0 Å². The summed E-state index contributed by atoms with van der Waals surface area (Å²) in [5.41, 5.74) is 0. The van der Waals surface area contributed by atoms with E-state index in [0.29, 0.717) is 5.06 Å². The molecular weight excluding hydrogens is 214 g/mol. The molecule has 0 aromatic carbocycles. The number of imide groups is 1. The van der Waals surface area contributed by atoms with Crippen molar-refractivity contribution in [2.45, 2.75) is 44.6 Å². The Morgan fingerprint density at radius 2 is 1.69 bits per heavy atom. The molecule has 2 rings (SSSR count). The predicted octanol–water partition coefficient (Wildman–Crippen LogP) is 1.15. The zero-order valence-corrected chi connectivity index (χ0v) is 8.81. The van der Waals surface area contributed by atoms with Gasteiger partial charge in [0.25, 0.3) is 11.8 Å². The van der Waals surface area contributed by atoms with E-state index in [9.17, 15) is 14.4 Å². The van der Waals surface area contributed by atoms with E-state index in [1.165, 1.54) is 0 Å². The van der Waals surface area contributed by atoms with Crippen molar-refractivity contribution in [1.82, 2.24) is 5.06 Å². The van der Waals surface area contributed by atoms with Gasteiger partial charge in [-0.1, -0.05) is 5.06 Å². The number of hydroxylamine groups is 2. The van der Waals surface area contributed by atoms with E-state index in [1.54, 1.807) is 0 Å². The predicted molar refractivity (Wildman–Crippen MR) is 50.9 cm³/mol. The second-order valence-electron chi connectivity index (χ2n) is 3.95. The molecule has 0 radical (unpaired) electrons. The maximum Gasteiger partial charge on any atom is 0.534 e. The first-order chi connectivity index (χ1) is 7.66. The Kier molecular flexibility index (Phi) is 3.07. The van der Waals surface area contributed by atoms with Crippen molar-refractivity contribution in [3.05, 3.63) is 0 Å². The van der Waals surface area contributed by atoms with Crippen molar-refractivity contribution >= 4 is 18.0 Å². The number of carbonyl (C=O) groups excluding carboxylic acids is 3. The molecule has 0 bridgehead atoms. The number of ether oxygens (including phenoxy) is 1. The maximum absolute atomic E-state index is 11.3. The highest BCUT2D eigenvalue weighted by atomic mass is 16.8. The summed E-state index contributed by atoms with van der Waals surface area (Å²) in [6.07, 6.45) is 2.77. The Bertz CT molecular complexity index is 305. The molecule has 1 saturated carbocycles. The summed E-state index contributed by atoms with van der Waals surface area (Å²) in [4.78, 5) is 38.1. The average molecular weight is 227 g/mol. The van der Waals surface area contributed by atoms with E-state index in [1.807, 2.05) is 0 Å². The number of rotatable bonds is 2. The monoisotopic (exact) mass is 227 g/mol. The van der Waals surface area contributed by atoms with Gasteiger partial charge in [0.2, 0.25) is 0 Å². The number of nitrogens with zero attached hydrogens (tertiary/aromatic N) is 1. The summed E-state index contributed by atoms with van der Waals surface area (Å²) in [5, 5.41) is 0.497. The molecular formula is C10H13NO5. The van der Waals surface area contributed by atoms with E-state index in [0.717, 1.165) is 25.7 Å². The van der Waals surface area contributed by atoms with Crippen LogP contribution in [0.3, 0.4) is 0 Å². The van der Waals surface area contributed by atoms with Crippen LogP contribution in [0.2, 0.25) is 0 Å². The van der Waals surface area contributed by atoms with E-state index >= 15 is 0 Å². The zero-order valence-electron chi connectivity index (χ0n) is 8.81. The van der Waals surface area contributed by atoms with Crippen LogP contribution in [-0.4, -0.2) is 29.1 Å². The molecule has 0 aromatic heterocycles. The Morgan fingerprint density at radius 1 is 1.12 bits per heavy atom. The molecule has 1 heterocycles. The molecule has 1 aliphatic carbocycles. The minimum atomic E-state index is -0.962. The largest absolute Gasteiger partial charge is 0.534 e. The van der Waals surface area contributed by atoms with Crippen LogP contribution in [0.15, 0.2) is 0 Å². The molecule has 1 saturated heterocycles. The van der Waals surface area contributed by atoms with E-state index in [-0.39, 0.29) is 18.9 Å². The van der Waals surface area contributed by atoms with E-state index < -0.39 is 18.0 Å². The van der Waals surface area contributed by atoms with Gasteiger partial charge in [-0.3, -0.25) is 14.4 Å². The standard InChI is InChI=1S/C10H13NO5/c12-8-5-6-9(13)11(8)16-10(14)15-7-3-1-2-4-7/h7H,1-6H2. The zero-order chi connectivity index (χ0) is 11.5. The first-order valence-corrected chi connectivity index (χ1v) is 5.41. The molecule has 6 nitrogen and oxygen atoms in total. The minimum absolute atomic E-state index is 0.0928. The van der Waals surface area contributed by atoms with Crippen molar-refractivity contribution in [3.8, 4) is 0 Å². The van der Waals surface area contributed by atoms with Gasteiger partial charge < -0.3 is 4.74 Å². The molecule has 0 unspecified atom stereocenters. The van der Waals surface area contributed by atoms with Gasteiger partial charge in [-0.05, 0) is 25.7 Å². The Hall–Kier alpha value is -1.59. The molecule has 0 aromatic rings. The van der Waals surface area contributed by atoms with Crippen LogP contribution in [0, 0.1) is 0 Å². The lowest BCUT2D eigenvalue weighted by molar-refractivity contribution is -0.178. The summed E-state index contributed by atoms with van der Waals surface area (Å²) < 4.78 is 4.96. The van der Waals surface area contributed by atoms with Crippen LogP contribution in [0.25, 0.3) is 0 Å². The average Bonchev–Trinajstić information content (AvgIpc) is 2.83. The third-order valence-electron chi connectivity index (χ3n) is 2.74. The molecule has 6 heteroatoms. The van der Waals surface area contributed by atoms with Gasteiger partial charge in [0, 0.05) is 12.8 Å². The highest BCUT2D eigenvalue weighted by Gasteiger charge is 2.34. The highest BCUT2D eigenvalue weighted by molar-refractivity contribution is 6.01. The van der Waals surface area contributed by atoms with Crippen LogP contribution >= 0.6 is 0 Å². The summed E-state index contributed by atoms with van der Waals surface area (Å²) in [6, 6.07) is 0. The molecule has 1 aliphatic heterocycles.